The number of pyridine rings is 1. The van der Waals surface area contributed by atoms with Gasteiger partial charge in [0.25, 0.3) is 5.91 Å². The number of aromatic nitrogens is 1. The van der Waals surface area contributed by atoms with E-state index in [9.17, 15) is 4.79 Å². The molecule has 86 valence electrons. The molecular formula is C11H13BrN2O2. The number of morpholine rings is 1. The minimum Gasteiger partial charge on any atom is -0.377 e. The Morgan fingerprint density at radius 3 is 3.12 bits per heavy atom. The SMILES string of the molecule is CC1COCCN1C(=O)c1cccc(Br)n1. The molecule has 1 aliphatic heterocycles. The van der Waals surface area contributed by atoms with Crippen molar-refractivity contribution < 1.29 is 9.53 Å². The second-order valence-electron chi connectivity index (χ2n) is 3.77. The molecule has 0 aromatic carbocycles. The maximum Gasteiger partial charge on any atom is 0.272 e. The molecule has 1 aromatic heterocycles. The first kappa shape index (κ1) is 11.5. The van der Waals surface area contributed by atoms with Crippen molar-refractivity contribution in [1.29, 1.82) is 0 Å². The number of nitrogens with zero attached hydrogens (tertiary/aromatic N) is 2. The van der Waals surface area contributed by atoms with Crippen LogP contribution in [0.1, 0.15) is 17.4 Å². The van der Waals surface area contributed by atoms with Crippen molar-refractivity contribution in [3.63, 3.8) is 0 Å². The van der Waals surface area contributed by atoms with Crippen LogP contribution in [0.5, 0.6) is 0 Å². The fraction of sp³-hybridized carbons (Fsp3) is 0.455. The van der Waals surface area contributed by atoms with Gasteiger partial charge >= 0.3 is 0 Å². The molecule has 1 aliphatic rings. The third-order valence-corrected chi connectivity index (χ3v) is 3.00. The average molecular weight is 285 g/mol. The van der Waals surface area contributed by atoms with Gasteiger partial charge in [-0.25, -0.2) is 4.98 Å². The highest BCUT2D eigenvalue weighted by molar-refractivity contribution is 9.10. The molecule has 1 saturated heterocycles. The summed E-state index contributed by atoms with van der Waals surface area (Å²) in [6, 6.07) is 5.46. The van der Waals surface area contributed by atoms with Gasteiger partial charge in [-0.2, -0.15) is 0 Å². The molecule has 0 saturated carbocycles. The average Bonchev–Trinajstić information content (AvgIpc) is 2.29. The van der Waals surface area contributed by atoms with E-state index in [1.54, 1.807) is 17.0 Å². The van der Waals surface area contributed by atoms with Gasteiger partial charge in [-0.05, 0) is 35.0 Å². The molecule has 0 bridgehead atoms. The first-order valence-corrected chi connectivity index (χ1v) is 5.99. The van der Waals surface area contributed by atoms with Crippen molar-refractivity contribution in [1.82, 2.24) is 9.88 Å². The monoisotopic (exact) mass is 284 g/mol. The lowest BCUT2D eigenvalue weighted by Crippen LogP contribution is -2.47. The van der Waals surface area contributed by atoms with Gasteiger partial charge in [-0.3, -0.25) is 4.79 Å². The largest absolute Gasteiger partial charge is 0.377 e. The van der Waals surface area contributed by atoms with Crippen LogP contribution in [0.15, 0.2) is 22.8 Å². The first-order valence-electron chi connectivity index (χ1n) is 5.20. The van der Waals surface area contributed by atoms with E-state index in [0.29, 0.717) is 30.1 Å². The maximum atomic E-state index is 12.1. The number of halogens is 1. The second-order valence-corrected chi connectivity index (χ2v) is 4.58. The molecule has 4 nitrogen and oxygen atoms in total. The molecule has 0 spiro atoms. The van der Waals surface area contributed by atoms with Gasteiger partial charge < -0.3 is 9.64 Å². The van der Waals surface area contributed by atoms with Crippen LogP contribution < -0.4 is 0 Å². The summed E-state index contributed by atoms with van der Waals surface area (Å²) >= 11 is 3.26. The zero-order chi connectivity index (χ0) is 11.5. The quantitative estimate of drug-likeness (QED) is 0.738. The summed E-state index contributed by atoms with van der Waals surface area (Å²) in [5.41, 5.74) is 0.475. The third-order valence-electron chi connectivity index (χ3n) is 2.56. The number of hydrogen-bond acceptors (Lipinski definition) is 3. The summed E-state index contributed by atoms with van der Waals surface area (Å²) in [5, 5.41) is 0. The fourth-order valence-corrected chi connectivity index (χ4v) is 2.05. The lowest BCUT2D eigenvalue weighted by molar-refractivity contribution is 0.00326. The summed E-state index contributed by atoms with van der Waals surface area (Å²) in [7, 11) is 0. The number of carbonyl (C=O) groups is 1. The predicted molar refractivity (Wildman–Crippen MR) is 63.3 cm³/mol. The van der Waals surface area contributed by atoms with Crippen LogP contribution in [0, 0.1) is 0 Å². The Balaban J connectivity index is 2.17. The number of ether oxygens (including phenoxy) is 1. The number of amides is 1. The van der Waals surface area contributed by atoms with E-state index in [0.717, 1.165) is 0 Å². The molecule has 0 N–H and O–H groups in total. The summed E-state index contributed by atoms with van der Waals surface area (Å²) in [6.07, 6.45) is 0. The van der Waals surface area contributed by atoms with Crippen LogP contribution in [-0.4, -0.2) is 41.6 Å². The number of hydrogen-bond donors (Lipinski definition) is 0. The van der Waals surface area contributed by atoms with Crippen LogP contribution in [0.4, 0.5) is 0 Å². The fourth-order valence-electron chi connectivity index (χ4n) is 1.70. The Morgan fingerprint density at radius 1 is 1.62 bits per heavy atom. The summed E-state index contributed by atoms with van der Waals surface area (Å²) in [5.74, 6) is -0.0305. The van der Waals surface area contributed by atoms with Gasteiger partial charge in [0.05, 0.1) is 19.3 Å². The van der Waals surface area contributed by atoms with Gasteiger partial charge in [-0.1, -0.05) is 6.07 Å². The molecule has 1 fully saturated rings. The normalized spacial score (nSPS) is 20.9. The van der Waals surface area contributed by atoms with E-state index in [1.165, 1.54) is 0 Å². The molecule has 2 rings (SSSR count). The number of carbonyl (C=O) groups excluding carboxylic acids is 1. The Morgan fingerprint density at radius 2 is 2.44 bits per heavy atom. The number of rotatable bonds is 1. The topological polar surface area (TPSA) is 42.4 Å². The molecule has 0 aliphatic carbocycles. The van der Waals surface area contributed by atoms with Crippen LogP contribution in [0.3, 0.4) is 0 Å². The predicted octanol–water partition coefficient (Wildman–Crippen LogP) is 1.70. The molecule has 0 radical (unpaired) electrons. The zero-order valence-electron chi connectivity index (χ0n) is 9.02. The van der Waals surface area contributed by atoms with E-state index in [1.807, 2.05) is 13.0 Å². The molecular weight excluding hydrogens is 272 g/mol. The van der Waals surface area contributed by atoms with Crippen LogP contribution >= 0.6 is 15.9 Å². The maximum absolute atomic E-state index is 12.1. The smallest absolute Gasteiger partial charge is 0.272 e. The first-order chi connectivity index (χ1) is 7.68. The van der Waals surface area contributed by atoms with Gasteiger partial charge in [0.2, 0.25) is 0 Å². The minimum absolute atomic E-state index is 0.0305. The van der Waals surface area contributed by atoms with Crippen molar-refractivity contribution in [2.75, 3.05) is 19.8 Å². The highest BCUT2D eigenvalue weighted by Gasteiger charge is 2.25. The highest BCUT2D eigenvalue weighted by atomic mass is 79.9. The van der Waals surface area contributed by atoms with Crippen molar-refractivity contribution in [2.45, 2.75) is 13.0 Å². The van der Waals surface area contributed by atoms with E-state index in [2.05, 4.69) is 20.9 Å². The summed E-state index contributed by atoms with van der Waals surface area (Å²) in [4.78, 5) is 18.1. The van der Waals surface area contributed by atoms with E-state index in [4.69, 9.17) is 4.74 Å². The molecule has 1 atom stereocenters. The van der Waals surface area contributed by atoms with Crippen LogP contribution in [-0.2, 0) is 4.74 Å². The summed E-state index contributed by atoms with van der Waals surface area (Å²) in [6.45, 7) is 3.81. The van der Waals surface area contributed by atoms with Crippen LogP contribution in [0.2, 0.25) is 0 Å². The van der Waals surface area contributed by atoms with Gasteiger partial charge in [0.15, 0.2) is 0 Å². The second kappa shape index (κ2) is 4.93. The Kier molecular flexibility index (Phi) is 3.56. The molecule has 16 heavy (non-hydrogen) atoms. The molecule has 5 heteroatoms. The van der Waals surface area contributed by atoms with Crippen molar-refractivity contribution in [2.24, 2.45) is 0 Å². The highest BCUT2D eigenvalue weighted by Crippen LogP contribution is 2.13. The van der Waals surface area contributed by atoms with E-state index >= 15 is 0 Å². The Bertz CT molecular complexity index is 397. The Hall–Kier alpha value is -0.940. The van der Waals surface area contributed by atoms with E-state index in [-0.39, 0.29) is 11.9 Å². The van der Waals surface area contributed by atoms with Gasteiger partial charge in [0, 0.05) is 6.54 Å². The molecule has 1 unspecified atom stereocenters. The van der Waals surface area contributed by atoms with Crippen molar-refractivity contribution in [3.05, 3.63) is 28.5 Å². The molecule has 2 heterocycles. The molecule has 1 aromatic rings. The zero-order valence-corrected chi connectivity index (χ0v) is 10.6. The van der Waals surface area contributed by atoms with Crippen molar-refractivity contribution in [3.8, 4) is 0 Å². The van der Waals surface area contributed by atoms with Gasteiger partial charge in [-0.15, -0.1) is 0 Å². The lowest BCUT2D eigenvalue weighted by atomic mass is 10.2. The third kappa shape index (κ3) is 2.41. The molecule has 1 amide bonds. The Labute approximate surface area is 103 Å². The lowest BCUT2D eigenvalue weighted by Gasteiger charge is -2.33. The standard InChI is InChI=1S/C11H13BrN2O2/c1-8-7-16-6-5-14(8)11(15)9-3-2-4-10(12)13-9/h2-4,8H,5-7H2,1H3. The van der Waals surface area contributed by atoms with Gasteiger partial charge in [0.1, 0.15) is 10.3 Å². The minimum atomic E-state index is -0.0305. The summed E-state index contributed by atoms with van der Waals surface area (Å²) < 4.78 is 5.98. The van der Waals surface area contributed by atoms with E-state index < -0.39 is 0 Å². The van der Waals surface area contributed by atoms with Crippen LogP contribution in [0.25, 0.3) is 0 Å². The van der Waals surface area contributed by atoms with Crippen molar-refractivity contribution >= 4 is 21.8 Å².